The molecule has 4 heteroatoms. The van der Waals surface area contributed by atoms with Crippen molar-refractivity contribution < 1.29 is 10.2 Å². The van der Waals surface area contributed by atoms with Gasteiger partial charge in [0.05, 0.1) is 10.2 Å². The molecule has 1 saturated heterocycles. The summed E-state index contributed by atoms with van der Waals surface area (Å²) in [5.74, 6) is 4.13. The maximum Gasteiger partial charge on any atom is 0.112 e. The van der Waals surface area contributed by atoms with Crippen molar-refractivity contribution in [1.82, 2.24) is 0 Å². The predicted octanol–water partition coefficient (Wildman–Crippen LogP) is 5.40. The second kappa shape index (κ2) is 6.55. The van der Waals surface area contributed by atoms with E-state index in [0.717, 1.165) is 32.1 Å². The molecule has 5 rings (SSSR count). The van der Waals surface area contributed by atoms with Gasteiger partial charge in [0.2, 0.25) is 0 Å². The molecule has 1 aliphatic heterocycles. The minimum absolute atomic E-state index is 0.0594. The molecule has 0 radical (unpaired) electrons. The Morgan fingerprint density at radius 2 is 1.82 bits per heavy atom. The Hall–Kier alpha value is 0.1000. The molecule has 28 heavy (non-hydrogen) atoms. The first-order valence-electron chi connectivity index (χ1n) is 11.3. The van der Waals surface area contributed by atoms with E-state index >= 15 is 0 Å². The van der Waals surface area contributed by atoms with Gasteiger partial charge in [0.15, 0.2) is 0 Å². The molecule has 0 amide bonds. The summed E-state index contributed by atoms with van der Waals surface area (Å²) in [5, 5.41) is 22.4. The lowest BCUT2D eigenvalue weighted by Crippen LogP contribution is -2.61. The van der Waals surface area contributed by atoms with Crippen LogP contribution >= 0.6 is 23.5 Å². The minimum atomic E-state index is -0.723. The Balaban J connectivity index is 1.48. The summed E-state index contributed by atoms with van der Waals surface area (Å²) in [7, 11) is 0. The fourth-order valence-corrected chi connectivity index (χ4v) is 11.1. The Labute approximate surface area is 179 Å². The molecular weight excluding hydrogens is 384 g/mol. The second-order valence-electron chi connectivity index (χ2n) is 10.7. The molecule has 0 spiro atoms. The van der Waals surface area contributed by atoms with Crippen molar-refractivity contribution in [3.8, 4) is 0 Å². The summed E-state index contributed by atoms with van der Waals surface area (Å²) in [4.78, 5) is 0. The van der Waals surface area contributed by atoms with E-state index in [-0.39, 0.29) is 21.0 Å². The van der Waals surface area contributed by atoms with Crippen LogP contribution in [-0.2, 0) is 0 Å². The second-order valence-corrected chi connectivity index (χ2v) is 13.9. The van der Waals surface area contributed by atoms with Gasteiger partial charge >= 0.3 is 0 Å². The summed E-state index contributed by atoms with van der Waals surface area (Å²) >= 11 is 3.97. The number of allylic oxidation sites excluding steroid dienone is 2. The highest BCUT2D eigenvalue weighted by Gasteiger charge is 2.67. The van der Waals surface area contributed by atoms with Gasteiger partial charge in [0, 0.05) is 5.41 Å². The molecule has 5 aliphatic rings. The third-order valence-electron chi connectivity index (χ3n) is 9.48. The molecule has 2 N–H and O–H groups in total. The van der Waals surface area contributed by atoms with Crippen LogP contribution in [0.1, 0.15) is 65.7 Å². The summed E-state index contributed by atoms with van der Waals surface area (Å²) in [6, 6.07) is 0. The lowest BCUT2D eigenvalue weighted by Gasteiger charge is -2.61. The first kappa shape index (κ1) is 20.0. The monoisotopic (exact) mass is 420 g/mol. The van der Waals surface area contributed by atoms with Crippen LogP contribution in [0.2, 0.25) is 0 Å². The zero-order valence-corrected chi connectivity index (χ0v) is 19.2. The molecule has 4 aliphatic carbocycles. The van der Waals surface area contributed by atoms with E-state index < -0.39 is 5.60 Å². The molecule has 7 atom stereocenters. The van der Waals surface area contributed by atoms with E-state index in [1.54, 1.807) is 0 Å². The molecule has 1 heterocycles. The zero-order chi connectivity index (χ0) is 19.8. The third-order valence-corrected chi connectivity index (χ3v) is 12.9. The van der Waals surface area contributed by atoms with Crippen molar-refractivity contribution in [3.63, 3.8) is 0 Å². The molecule has 3 fully saturated rings. The fourth-order valence-electron chi connectivity index (χ4n) is 7.65. The number of hydrogen-bond donors (Lipinski definition) is 2. The molecule has 0 unspecified atom stereocenters. The Morgan fingerprint density at radius 3 is 2.57 bits per heavy atom. The minimum Gasteiger partial charge on any atom is -0.393 e. The van der Waals surface area contributed by atoms with Crippen LogP contribution in [0.4, 0.5) is 0 Å². The molecule has 0 aromatic carbocycles. The van der Waals surface area contributed by atoms with Crippen molar-refractivity contribution >= 4 is 23.5 Å². The highest BCUT2D eigenvalue weighted by molar-refractivity contribution is 8.18. The number of fused-ring (bicyclic) bond motifs is 5. The van der Waals surface area contributed by atoms with Gasteiger partial charge in [-0.2, -0.15) is 0 Å². The fraction of sp³-hybridized carbons (Fsp3) is 0.833. The van der Waals surface area contributed by atoms with Crippen molar-refractivity contribution in [2.75, 3.05) is 11.5 Å². The van der Waals surface area contributed by atoms with Crippen LogP contribution < -0.4 is 0 Å². The molecule has 2 saturated carbocycles. The standard InChI is InChI=1S/C24H36O2S2/c1-21-10-7-17(25)15-16(21)5-6-18-19(21)8-11-22(2)20(18)9-12-24(22,26)23(3)27-13-4-14-28-23/h5,9,12,17-20,25-26H,4,6-8,10-11,13-15H2,1-3H3/t17-,18+,19-,20-,21-,22-,24-/m0/s1. The summed E-state index contributed by atoms with van der Waals surface area (Å²) in [6.45, 7) is 7.17. The number of rotatable bonds is 1. The van der Waals surface area contributed by atoms with Gasteiger partial charge in [-0.15, -0.1) is 23.5 Å². The van der Waals surface area contributed by atoms with Crippen LogP contribution in [0.15, 0.2) is 23.8 Å². The van der Waals surface area contributed by atoms with Gasteiger partial charge in [-0.1, -0.05) is 37.6 Å². The molecular formula is C24H36O2S2. The van der Waals surface area contributed by atoms with Gasteiger partial charge in [0.1, 0.15) is 5.60 Å². The molecule has 156 valence electrons. The maximum absolute atomic E-state index is 12.2. The highest BCUT2D eigenvalue weighted by Crippen LogP contribution is 2.69. The van der Waals surface area contributed by atoms with Gasteiger partial charge in [-0.3, -0.25) is 0 Å². The lowest BCUT2D eigenvalue weighted by atomic mass is 9.46. The van der Waals surface area contributed by atoms with Crippen molar-refractivity contribution in [1.29, 1.82) is 0 Å². The van der Waals surface area contributed by atoms with Crippen molar-refractivity contribution in [3.05, 3.63) is 23.8 Å². The number of hydrogen-bond acceptors (Lipinski definition) is 4. The quantitative estimate of drug-likeness (QED) is 0.557. The predicted molar refractivity (Wildman–Crippen MR) is 121 cm³/mol. The average molecular weight is 421 g/mol. The average Bonchev–Trinajstić information content (AvgIpc) is 2.96. The van der Waals surface area contributed by atoms with E-state index in [2.05, 4.69) is 39.0 Å². The highest BCUT2D eigenvalue weighted by atomic mass is 32.2. The van der Waals surface area contributed by atoms with Gasteiger partial charge in [-0.05, 0) is 86.5 Å². The van der Waals surface area contributed by atoms with Crippen LogP contribution in [-0.4, -0.2) is 37.5 Å². The van der Waals surface area contributed by atoms with Gasteiger partial charge in [0.25, 0.3) is 0 Å². The molecule has 0 aromatic rings. The third kappa shape index (κ3) is 2.50. The van der Waals surface area contributed by atoms with Crippen molar-refractivity contribution in [2.45, 2.75) is 81.5 Å². The summed E-state index contributed by atoms with van der Waals surface area (Å²) in [5.41, 5.74) is 1.00. The van der Waals surface area contributed by atoms with E-state index in [9.17, 15) is 10.2 Å². The lowest BCUT2D eigenvalue weighted by molar-refractivity contribution is -0.114. The Morgan fingerprint density at radius 1 is 1.07 bits per heavy atom. The van der Waals surface area contributed by atoms with Crippen LogP contribution in [0.5, 0.6) is 0 Å². The smallest absolute Gasteiger partial charge is 0.112 e. The summed E-state index contributed by atoms with van der Waals surface area (Å²) in [6.07, 6.45) is 14.6. The number of aliphatic hydroxyl groups is 2. The summed E-state index contributed by atoms with van der Waals surface area (Å²) < 4.78 is -0.132. The number of thioether (sulfide) groups is 2. The molecule has 2 nitrogen and oxygen atoms in total. The van der Waals surface area contributed by atoms with Gasteiger partial charge < -0.3 is 10.2 Å². The first-order chi connectivity index (χ1) is 13.2. The SMILES string of the molecule is CC1([C@]2(O)C=C[C@H]3[C@@H]4CC=C5C[C@@H](O)CC[C@]5(C)[C@H]4CC[C@@]32C)SCCCS1. The first-order valence-corrected chi connectivity index (χ1v) is 13.3. The Kier molecular flexibility index (Phi) is 4.68. The van der Waals surface area contributed by atoms with Crippen LogP contribution in [0, 0.1) is 28.6 Å². The topological polar surface area (TPSA) is 40.5 Å². The van der Waals surface area contributed by atoms with Gasteiger partial charge in [-0.25, -0.2) is 0 Å². The largest absolute Gasteiger partial charge is 0.393 e. The Bertz CT molecular complexity index is 711. The zero-order valence-electron chi connectivity index (χ0n) is 17.6. The molecule has 0 aromatic heterocycles. The van der Waals surface area contributed by atoms with E-state index in [4.69, 9.17) is 0 Å². The van der Waals surface area contributed by atoms with E-state index in [0.29, 0.717) is 17.8 Å². The van der Waals surface area contributed by atoms with E-state index in [1.165, 1.54) is 29.9 Å². The van der Waals surface area contributed by atoms with Crippen molar-refractivity contribution in [2.24, 2.45) is 28.6 Å². The van der Waals surface area contributed by atoms with Crippen LogP contribution in [0.25, 0.3) is 0 Å². The molecule has 0 bridgehead atoms. The maximum atomic E-state index is 12.2. The number of aliphatic hydroxyl groups excluding tert-OH is 1. The van der Waals surface area contributed by atoms with E-state index in [1.807, 2.05) is 23.5 Å². The normalized spacial score (nSPS) is 52.4. The van der Waals surface area contributed by atoms with Crippen LogP contribution in [0.3, 0.4) is 0 Å².